The van der Waals surface area contributed by atoms with Gasteiger partial charge in [-0.3, -0.25) is 0 Å². The molecule has 0 unspecified atom stereocenters. The van der Waals surface area contributed by atoms with E-state index in [1.807, 2.05) is 36.4 Å². The van der Waals surface area contributed by atoms with Gasteiger partial charge in [0.05, 0.1) is 11.5 Å². The minimum atomic E-state index is -3.28. The van der Waals surface area contributed by atoms with Crippen LogP contribution in [0.2, 0.25) is 0 Å². The lowest BCUT2D eigenvalue weighted by atomic mass is 9.99. The zero-order chi connectivity index (χ0) is 21.0. The van der Waals surface area contributed by atoms with Gasteiger partial charge < -0.3 is 10.2 Å². The lowest BCUT2D eigenvalue weighted by Crippen LogP contribution is -2.40. The molecule has 3 aromatic rings. The zero-order valence-electron chi connectivity index (χ0n) is 16.6. The smallest absolute Gasteiger partial charge is 0.318 e. The second-order valence-corrected chi connectivity index (χ2v) is 9.63. The summed E-state index contributed by atoms with van der Waals surface area (Å²) in [6.45, 7) is 1.13. The quantitative estimate of drug-likeness (QED) is 0.658. The van der Waals surface area contributed by atoms with E-state index in [-0.39, 0.29) is 24.1 Å². The number of hydrogen-bond acceptors (Lipinski definition) is 3. The second-order valence-electron chi connectivity index (χ2n) is 7.45. The van der Waals surface area contributed by atoms with Crippen LogP contribution in [0.5, 0.6) is 0 Å². The van der Waals surface area contributed by atoms with Gasteiger partial charge in [0, 0.05) is 19.6 Å². The van der Waals surface area contributed by atoms with Crippen molar-refractivity contribution in [2.45, 2.75) is 5.75 Å². The van der Waals surface area contributed by atoms with Crippen molar-refractivity contribution in [3.8, 4) is 0 Å². The maximum atomic E-state index is 12.5. The molecular formula is C24H24N2O3S. The summed E-state index contributed by atoms with van der Waals surface area (Å²) in [6, 6.07) is 23.2. The van der Waals surface area contributed by atoms with Crippen LogP contribution >= 0.6 is 0 Å². The molecule has 3 aromatic carbocycles. The molecule has 0 atom stereocenters. The van der Waals surface area contributed by atoms with E-state index < -0.39 is 9.84 Å². The van der Waals surface area contributed by atoms with Crippen LogP contribution in [0.3, 0.4) is 0 Å². The van der Waals surface area contributed by atoms with E-state index in [0.29, 0.717) is 13.1 Å². The van der Waals surface area contributed by atoms with E-state index in [2.05, 4.69) is 35.7 Å². The van der Waals surface area contributed by atoms with Crippen molar-refractivity contribution >= 4 is 32.2 Å². The van der Waals surface area contributed by atoms with E-state index in [4.69, 9.17) is 0 Å². The molecule has 1 heterocycles. The van der Waals surface area contributed by atoms with Crippen molar-refractivity contribution in [1.29, 1.82) is 0 Å². The number of hydrogen-bond donors (Lipinski definition) is 1. The molecular weight excluding hydrogens is 396 g/mol. The highest BCUT2D eigenvalue weighted by atomic mass is 32.2. The maximum Gasteiger partial charge on any atom is 0.318 e. The Morgan fingerprint density at radius 2 is 1.67 bits per heavy atom. The number of carbonyl (C=O) groups is 1. The molecule has 0 aromatic heterocycles. The van der Waals surface area contributed by atoms with E-state index in [0.717, 1.165) is 16.7 Å². The minimum absolute atomic E-state index is 0.0137. The normalized spacial score (nSPS) is 14.0. The highest BCUT2D eigenvalue weighted by molar-refractivity contribution is 7.90. The molecule has 30 heavy (non-hydrogen) atoms. The fourth-order valence-electron chi connectivity index (χ4n) is 3.74. The highest BCUT2D eigenvalue weighted by Crippen LogP contribution is 2.28. The predicted molar refractivity (Wildman–Crippen MR) is 121 cm³/mol. The number of nitrogens with one attached hydrogen (secondary N) is 1. The molecule has 0 saturated carbocycles. The zero-order valence-corrected chi connectivity index (χ0v) is 17.4. The number of benzene rings is 3. The first-order chi connectivity index (χ1) is 14.5. The summed E-state index contributed by atoms with van der Waals surface area (Å²) in [5.41, 5.74) is 3.00. The molecule has 2 amide bonds. The van der Waals surface area contributed by atoms with Gasteiger partial charge in [0.1, 0.15) is 0 Å². The number of sulfone groups is 1. The van der Waals surface area contributed by atoms with Crippen molar-refractivity contribution in [1.82, 2.24) is 10.2 Å². The summed E-state index contributed by atoms with van der Waals surface area (Å²) >= 11 is 0. The third-order valence-electron chi connectivity index (χ3n) is 5.26. The van der Waals surface area contributed by atoms with Crippen LogP contribution in [0.1, 0.15) is 11.1 Å². The third-order valence-corrected chi connectivity index (χ3v) is 6.86. The van der Waals surface area contributed by atoms with Crippen LogP contribution in [0.15, 0.2) is 78.9 Å². The number of carbonyl (C=O) groups excluding carboxylic acids is 1. The molecule has 6 heteroatoms. The Hall–Kier alpha value is -3.12. The standard InChI is InChI=1S/C24H24N2O3S/c27-24(25-14-16-30(28,29)18-19-7-2-1-3-8-19)26-15-13-21(17-26)23-12-6-10-20-9-4-5-11-22(20)23/h1-13H,14-18H2,(H,25,27). The van der Waals surface area contributed by atoms with Gasteiger partial charge in [-0.2, -0.15) is 0 Å². The van der Waals surface area contributed by atoms with Gasteiger partial charge in [0.15, 0.2) is 9.84 Å². The van der Waals surface area contributed by atoms with Gasteiger partial charge in [-0.15, -0.1) is 0 Å². The number of amides is 2. The second kappa shape index (κ2) is 8.71. The molecule has 0 aliphatic carbocycles. The van der Waals surface area contributed by atoms with Crippen LogP contribution in [0, 0.1) is 0 Å². The average Bonchev–Trinajstić information content (AvgIpc) is 3.24. The van der Waals surface area contributed by atoms with Crippen molar-refractivity contribution in [3.05, 3.63) is 90.0 Å². The molecule has 0 saturated heterocycles. The molecule has 1 aliphatic heterocycles. The van der Waals surface area contributed by atoms with Gasteiger partial charge in [-0.1, -0.05) is 78.9 Å². The Kier molecular flexibility index (Phi) is 5.86. The van der Waals surface area contributed by atoms with Crippen LogP contribution in [0.25, 0.3) is 16.3 Å². The topological polar surface area (TPSA) is 66.5 Å². The average molecular weight is 421 g/mol. The molecule has 0 bridgehead atoms. The number of fused-ring (bicyclic) bond motifs is 1. The number of nitrogens with zero attached hydrogens (tertiary/aromatic N) is 1. The van der Waals surface area contributed by atoms with Crippen LogP contribution < -0.4 is 5.32 Å². The van der Waals surface area contributed by atoms with Crippen molar-refractivity contribution < 1.29 is 13.2 Å². The summed E-state index contributed by atoms with van der Waals surface area (Å²) in [4.78, 5) is 14.2. The van der Waals surface area contributed by atoms with Crippen LogP contribution in [-0.2, 0) is 15.6 Å². The van der Waals surface area contributed by atoms with Crippen molar-refractivity contribution in [2.24, 2.45) is 0 Å². The van der Waals surface area contributed by atoms with Gasteiger partial charge in [0.2, 0.25) is 0 Å². The first-order valence-electron chi connectivity index (χ1n) is 9.96. The Bertz CT molecular complexity index is 1180. The molecule has 5 nitrogen and oxygen atoms in total. The number of urea groups is 1. The Labute approximate surface area is 176 Å². The molecule has 0 fully saturated rings. The largest absolute Gasteiger partial charge is 0.337 e. The molecule has 1 aliphatic rings. The van der Waals surface area contributed by atoms with Gasteiger partial charge in [-0.05, 0) is 27.5 Å². The Balaban J connectivity index is 1.31. The van der Waals surface area contributed by atoms with E-state index in [9.17, 15) is 13.2 Å². The van der Waals surface area contributed by atoms with Crippen LogP contribution in [0.4, 0.5) is 4.79 Å². The van der Waals surface area contributed by atoms with Gasteiger partial charge in [0.25, 0.3) is 0 Å². The van der Waals surface area contributed by atoms with Crippen molar-refractivity contribution in [2.75, 3.05) is 25.4 Å². The fourth-order valence-corrected chi connectivity index (χ4v) is 4.99. The highest BCUT2D eigenvalue weighted by Gasteiger charge is 2.22. The molecule has 0 spiro atoms. The van der Waals surface area contributed by atoms with Crippen molar-refractivity contribution in [3.63, 3.8) is 0 Å². The first kappa shape index (κ1) is 20.2. The SMILES string of the molecule is O=C(NCCS(=O)(=O)Cc1ccccc1)N1CC=C(c2cccc3ccccc23)C1. The maximum absolute atomic E-state index is 12.5. The third kappa shape index (κ3) is 4.71. The lowest BCUT2D eigenvalue weighted by molar-refractivity contribution is 0.212. The van der Waals surface area contributed by atoms with E-state index in [1.54, 1.807) is 17.0 Å². The monoisotopic (exact) mass is 420 g/mol. The number of rotatable bonds is 6. The summed E-state index contributed by atoms with van der Waals surface area (Å²) in [6.07, 6.45) is 2.06. The lowest BCUT2D eigenvalue weighted by Gasteiger charge is -2.18. The van der Waals surface area contributed by atoms with Gasteiger partial charge >= 0.3 is 6.03 Å². The molecule has 1 N–H and O–H groups in total. The molecule has 4 rings (SSSR count). The predicted octanol–water partition coefficient (Wildman–Crippen LogP) is 3.86. The molecule has 0 radical (unpaired) electrons. The van der Waals surface area contributed by atoms with Crippen LogP contribution in [-0.4, -0.2) is 44.7 Å². The Morgan fingerprint density at radius 1 is 0.933 bits per heavy atom. The summed E-state index contributed by atoms with van der Waals surface area (Å²) in [5, 5.41) is 5.09. The van der Waals surface area contributed by atoms with Gasteiger partial charge in [-0.25, -0.2) is 13.2 Å². The van der Waals surface area contributed by atoms with E-state index >= 15 is 0 Å². The molecule has 154 valence electrons. The first-order valence-corrected chi connectivity index (χ1v) is 11.8. The minimum Gasteiger partial charge on any atom is -0.337 e. The fraction of sp³-hybridized carbons (Fsp3) is 0.208. The summed E-state index contributed by atoms with van der Waals surface area (Å²) < 4.78 is 24.6. The summed E-state index contributed by atoms with van der Waals surface area (Å²) in [7, 11) is -3.28. The van der Waals surface area contributed by atoms with E-state index in [1.165, 1.54) is 10.8 Å². The Morgan fingerprint density at radius 3 is 2.50 bits per heavy atom. The summed E-state index contributed by atoms with van der Waals surface area (Å²) in [5.74, 6) is -0.0920.